The van der Waals surface area contributed by atoms with Crippen molar-refractivity contribution in [1.29, 1.82) is 5.26 Å². The second kappa shape index (κ2) is 5.03. The normalized spacial score (nSPS) is 10.1. The summed E-state index contributed by atoms with van der Waals surface area (Å²) in [5.74, 6) is -0.0673. The molecular weight excluding hydrogens is 250 g/mol. The van der Waals surface area contributed by atoms with Crippen LogP contribution in [0.3, 0.4) is 0 Å². The summed E-state index contributed by atoms with van der Waals surface area (Å²) < 4.78 is 1.56. The van der Waals surface area contributed by atoms with Crippen molar-refractivity contribution in [3.63, 3.8) is 0 Å². The van der Waals surface area contributed by atoms with E-state index in [-0.39, 0.29) is 12.3 Å². The third-order valence-electron chi connectivity index (χ3n) is 2.67. The topological polar surface area (TPSA) is 58.7 Å². The number of Topliss-reactive ketones (excluding diaryl/α,β-unsaturated/α-hetero) is 1. The standard InChI is InChI=1S/C13H10ClN3O/c1-9-12(14)7-16-17(9)8-13(18)11-4-2-10(6-15)3-5-11/h2-5,7H,8H2,1H3. The zero-order valence-corrected chi connectivity index (χ0v) is 10.5. The zero-order valence-electron chi connectivity index (χ0n) is 9.72. The number of benzene rings is 1. The first-order chi connectivity index (χ1) is 8.61. The van der Waals surface area contributed by atoms with Crippen molar-refractivity contribution in [3.05, 3.63) is 52.3 Å². The molecule has 0 atom stereocenters. The average Bonchev–Trinajstić information content (AvgIpc) is 2.71. The number of hydrogen-bond donors (Lipinski definition) is 0. The van der Waals surface area contributed by atoms with Crippen molar-refractivity contribution in [1.82, 2.24) is 9.78 Å². The molecule has 1 aromatic carbocycles. The molecule has 1 heterocycles. The van der Waals surface area contributed by atoms with E-state index in [1.807, 2.05) is 6.07 Å². The van der Waals surface area contributed by atoms with Crippen LogP contribution in [0, 0.1) is 18.3 Å². The number of ketones is 1. The van der Waals surface area contributed by atoms with Crippen LogP contribution in [0.1, 0.15) is 21.6 Å². The van der Waals surface area contributed by atoms with Gasteiger partial charge in [-0.25, -0.2) is 0 Å². The van der Waals surface area contributed by atoms with Crippen LogP contribution in [0.2, 0.25) is 5.02 Å². The van der Waals surface area contributed by atoms with E-state index in [1.54, 1.807) is 35.9 Å². The van der Waals surface area contributed by atoms with Gasteiger partial charge in [0, 0.05) is 5.56 Å². The molecule has 1 aromatic heterocycles. The van der Waals surface area contributed by atoms with Gasteiger partial charge in [0.15, 0.2) is 5.78 Å². The van der Waals surface area contributed by atoms with E-state index in [0.29, 0.717) is 16.1 Å². The highest BCUT2D eigenvalue weighted by molar-refractivity contribution is 6.31. The number of carbonyl (C=O) groups excluding carboxylic acids is 1. The van der Waals surface area contributed by atoms with Crippen LogP contribution in [0.15, 0.2) is 30.5 Å². The summed E-state index contributed by atoms with van der Waals surface area (Å²) in [6.45, 7) is 1.95. The van der Waals surface area contributed by atoms with Gasteiger partial charge < -0.3 is 0 Å². The molecule has 0 aliphatic rings. The maximum Gasteiger partial charge on any atom is 0.184 e. The van der Waals surface area contributed by atoms with E-state index in [0.717, 1.165) is 5.69 Å². The third-order valence-corrected chi connectivity index (χ3v) is 3.04. The van der Waals surface area contributed by atoms with Gasteiger partial charge in [-0.3, -0.25) is 9.48 Å². The molecule has 0 spiro atoms. The fraction of sp³-hybridized carbons (Fsp3) is 0.154. The van der Waals surface area contributed by atoms with Crippen molar-refractivity contribution in [2.45, 2.75) is 13.5 Å². The Hall–Kier alpha value is -2.12. The largest absolute Gasteiger partial charge is 0.292 e. The number of nitrogens with zero attached hydrogens (tertiary/aromatic N) is 3. The average molecular weight is 260 g/mol. The van der Waals surface area contributed by atoms with Crippen molar-refractivity contribution in [2.24, 2.45) is 0 Å². The van der Waals surface area contributed by atoms with Crippen LogP contribution >= 0.6 is 11.6 Å². The van der Waals surface area contributed by atoms with Crippen LogP contribution in [0.5, 0.6) is 0 Å². The van der Waals surface area contributed by atoms with Crippen molar-refractivity contribution >= 4 is 17.4 Å². The Labute approximate surface area is 109 Å². The van der Waals surface area contributed by atoms with Gasteiger partial charge in [-0.2, -0.15) is 10.4 Å². The first kappa shape index (κ1) is 12.3. The lowest BCUT2D eigenvalue weighted by Gasteiger charge is -2.04. The molecule has 0 bridgehead atoms. The predicted molar refractivity (Wildman–Crippen MR) is 67.5 cm³/mol. The predicted octanol–water partition coefficient (Wildman–Crippen LogP) is 2.60. The maximum absolute atomic E-state index is 12.0. The van der Waals surface area contributed by atoms with Gasteiger partial charge in [0.05, 0.1) is 28.5 Å². The highest BCUT2D eigenvalue weighted by Crippen LogP contribution is 2.14. The molecule has 0 N–H and O–H groups in total. The Kier molecular flexibility index (Phi) is 3.45. The van der Waals surface area contributed by atoms with Gasteiger partial charge in [-0.05, 0) is 19.1 Å². The minimum Gasteiger partial charge on any atom is -0.292 e. The molecule has 90 valence electrons. The summed E-state index contributed by atoms with van der Waals surface area (Å²) >= 11 is 5.87. The first-order valence-electron chi connectivity index (χ1n) is 5.33. The molecule has 0 unspecified atom stereocenters. The van der Waals surface area contributed by atoms with Gasteiger partial charge in [-0.1, -0.05) is 23.7 Å². The summed E-state index contributed by atoms with van der Waals surface area (Å²) in [6, 6.07) is 8.53. The second-order valence-electron chi connectivity index (χ2n) is 3.85. The molecule has 0 fully saturated rings. The number of halogens is 1. The number of aromatic nitrogens is 2. The quantitative estimate of drug-likeness (QED) is 0.796. The highest BCUT2D eigenvalue weighted by atomic mass is 35.5. The van der Waals surface area contributed by atoms with Crippen LogP contribution in [0.25, 0.3) is 0 Å². The Balaban J connectivity index is 2.17. The Bertz CT molecular complexity index is 623. The van der Waals surface area contributed by atoms with Crippen molar-refractivity contribution in [2.75, 3.05) is 0 Å². The van der Waals surface area contributed by atoms with Crippen LogP contribution in [-0.2, 0) is 6.54 Å². The fourth-order valence-electron chi connectivity index (χ4n) is 1.54. The Morgan fingerprint density at radius 3 is 2.61 bits per heavy atom. The second-order valence-corrected chi connectivity index (χ2v) is 4.26. The van der Waals surface area contributed by atoms with Crippen molar-refractivity contribution in [3.8, 4) is 6.07 Å². The Morgan fingerprint density at radius 1 is 1.44 bits per heavy atom. The van der Waals surface area contributed by atoms with Gasteiger partial charge in [0.2, 0.25) is 0 Å². The molecule has 0 radical (unpaired) electrons. The van der Waals surface area contributed by atoms with E-state index >= 15 is 0 Å². The zero-order chi connectivity index (χ0) is 13.1. The monoisotopic (exact) mass is 259 g/mol. The van der Waals surface area contributed by atoms with Gasteiger partial charge in [0.1, 0.15) is 6.54 Å². The summed E-state index contributed by atoms with van der Waals surface area (Å²) in [5, 5.41) is 13.2. The summed E-state index contributed by atoms with van der Waals surface area (Å²) in [5.41, 5.74) is 1.85. The number of carbonyl (C=O) groups is 1. The molecule has 0 aliphatic carbocycles. The van der Waals surface area contributed by atoms with E-state index in [1.165, 1.54) is 6.20 Å². The lowest BCUT2D eigenvalue weighted by molar-refractivity contribution is 0.0967. The minimum absolute atomic E-state index is 0.0673. The summed E-state index contributed by atoms with van der Waals surface area (Å²) in [4.78, 5) is 12.0. The molecule has 0 saturated heterocycles. The van der Waals surface area contributed by atoms with Gasteiger partial charge in [0.25, 0.3) is 0 Å². The van der Waals surface area contributed by atoms with E-state index < -0.39 is 0 Å². The molecule has 2 rings (SSSR count). The number of hydrogen-bond acceptors (Lipinski definition) is 3. The van der Waals surface area contributed by atoms with Crippen LogP contribution in [-0.4, -0.2) is 15.6 Å². The molecule has 4 nitrogen and oxygen atoms in total. The molecule has 0 saturated carbocycles. The van der Waals surface area contributed by atoms with Gasteiger partial charge >= 0.3 is 0 Å². The highest BCUT2D eigenvalue weighted by Gasteiger charge is 2.10. The van der Waals surface area contributed by atoms with Crippen LogP contribution < -0.4 is 0 Å². The molecule has 5 heteroatoms. The van der Waals surface area contributed by atoms with E-state index in [4.69, 9.17) is 16.9 Å². The fourth-order valence-corrected chi connectivity index (χ4v) is 1.68. The first-order valence-corrected chi connectivity index (χ1v) is 5.71. The SMILES string of the molecule is Cc1c(Cl)cnn1CC(=O)c1ccc(C#N)cc1. The molecular formula is C13H10ClN3O. The number of nitriles is 1. The minimum atomic E-state index is -0.0673. The molecule has 2 aromatic rings. The lowest BCUT2D eigenvalue weighted by atomic mass is 10.1. The van der Waals surface area contributed by atoms with Gasteiger partial charge in [-0.15, -0.1) is 0 Å². The summed E-state index contributed by atoms with van der Waals surface area (Å²) in [7, 11) is 0. The smallest absolute Gasteiger partial charge is 0.184 e. The lowest BCUT2D eigenvalue weighted by Crippen LogP contribution is -2.12. The summed E-state index contributed by atoms with van der Waals surface area (Å²) in [6.07, 6.45) is 1.52. The molecule has 0 aliphatic heterocycles. The van der Waals surface area contributed by atoms with Crippen molar-refractivity contribution < 1.29 is 4.79 Å². The maximum atomic E-state index is 12.0. The Morgan fingerprint density at radius 2 is 2.11 bits per heavy atom. The number of rotatable bonds is 3. The van der Waals surface area contributed by atoms with E-state index in [9.17, 15) is 4.79 Å². The third kappa shape index (κ3) is 2.41. The van der Waals surface area contributed by atoms with E-state index in [2.05, 4.69) is 5.10 Å². The van der Waals surface area contributed by atoms with Crippen LogP contribution in [0.4, 0.5) is 0 Å². The molecule has 18 heavy (non-hydrogen) atoms. The molecule has 0 amide bonds.